The van der Waals surface area contributed by atoms with Crippen LogP contribution in [-0.2, 0) is 18.4 Å². The Labute approximate surface area is 128 Å². The van der Waals surface area contributed by atoms with E-state index in [0.29, 0.717) is 12.3 Å². The molecule has 0 aliphatic heterocycles. The fourth-order valence-corrected chi connectivity index (χ4v) is 2.27. The second-order valence-corrected chi connectivity index (χ2v) is 5.24. The highest BCUT2D eigenvalue weighted by molar-refractivity contribution is 5.92. The summed E-state index contributed by atoms with van der Waals surface area (Å²) in [6.45, 7) is 0.525. The maximum Gasteiger partial charge on any atom is 0.246 e. The quantitative estimate of drug-likeness (QED) is 0.695. The van der Waals surface area contributed by atoms with E-state index >= 15 is 0 Å². The van der Waals surface area contributed by atoms with Gasteiger partial charge in [-0.05, 0) is 18.2 Å². The molecule has 3 rings (SSSR count). The van der Waals surface area contributed by atoms with Crippen molar-refractivity contribution in [1.82, 2.24) is 14.7 Å². The molecule has 0 aliphatic carbocycles. The van der Waals surface area contributed by atoms with Crippen LogP contribution in [0.5, 0.6) is 0 Å². The topological polar surface area (TPSA) is 51.3 Å². The van der Waals surface area contributed by atoms with Crippen molar-refractivity contribution in [2.45, 2.75) is 6.54 Å². The molecule has 5 heteroatoms. The Morgan fingerprint density at radius 2 is 2.23 bits per heavy atom. The third-order valence-electron chi connectivity index (χ3n) is 3.39. The molecule has 1 aromatic carbocycles. The molecule has 5 nitrogen and oxygen atoms in total. The van der Waals surface area contributed by atoms with E-state index in [1.165, 1.54) is 6.08 Å². The summed E-state index contributed by atoms with van der Waals surface area (Å²) in [5.41, 5.74) is 1.81. The van der Waals surface area contributed by atoms with Crippen LogP contribution in [0.25, 0.3) is 17.0 Å². The van der Waals surface area contributed by atoms with E-state index < -0.39 is 0 Å². The lowest BCUT2D eigenvalue weighted by Crippen LogP contribution is -2.23. The van der Waals surface area contributed by atoms with Gasteiger partial charge >= 0.3 is 0 Å². The highest BCUT2D eigenvalue weighted by Gasteiger charge is 2.07. The first-order chi connectivity index (χ1) is 10.6. The lowest BCUT2D eigenvalue weighted by atomic mass is 10.2. The Balaban J connectivity index is 1.67. The molecule has 0 spiro atoms. The zero-order chi connectivity index (χ0) is 15.5. The van der Waals surface area contributed by atoms with Crippen molar-refractivity contribution in [3.8, 4) is 0 Å². The number of hydrogen-bond donors (Lipinski definition) is 0. The summed E-state index contributed by atoms with van der Waals surface area (Å²) in [7, 11) is 3.62. The zero-order valence-corrected chi connectivity index (χ0v) is 12.6. The van der Waals surface area contributed by atoms with Crippen molar-refractivity contribution in [3.63, 3.8) is 0 Å². The van der Waals surface area contributed by atoms with Crippen molar-refractivity contribution in [3.05, 3.63) is 60.1 Å². The average molecular weight is 295 g/mol. The molecule has 0 radical (unpaired) electrons. The van der Waals surface area contributed by atoms with Crippen LogP contribution in [0.1, 0.15) is 11.3 Å². The first-order valence-electron chi connectivity index (χ1n) is 7.01. The lowest BCUT2D eigenvalue weighted by molar-refractivity contribution is -0.125. The van der Waals surface area contributed by atoms with Gasteiger partial charge in [-0.25, -0.2) is 0 Å². The van der Waals surface area contributed by atoms with Gasteiger partial charge in [0.15, 0.2) is 0 Å². The summed E-state index contributed by atoms with van der Waals surface area (Å²) in [5.74, 6) is 0.591. The van der Waals surface area contributed by atoms with Gasteiger partial charge in [-0.3, -0.25) is 9.48 Å². The standard InChI is InChI=1S/C17H17N3O2/c1-19(11-13-10-18-20(2)12-13)17(21)8-7-15-9-14-5-3-4-6-16(14)22-15/h3-10,12H,11H2,1-2H3/b8-7+. The van der Waals surface area contributed by atoms with E-state index in [-0.39, 0.29) is 5.91 Å². The molecule has 0 bridgehead atoms. The molecule has 3 aromatic rings. The largest absolute Gasteiger partial charge is 0.457 e. The fraction of sp³-hybridized carbons (Fsp3) is 0.176. The van der Waals surface area contributed by atoms with Gasteiger partial charge in [0.1, 0.15) is 11.3 Å². The van der Waals surface area contributed by atoms with E-state index in [4.69, 9.17) is 4.42 Å². The second-order valence-electron chi connectivity index (χ2n) is 5.24. The van der Waals surface area contributed by atoms with Crippen LogP contribution in [0.2, 0.25) is 0 Å². The molecule has 0 saturated carbocycles. The molecule has 2 aromatic heterocycles. The van der Waals surface area contributed by atoms with Crippen LogP contribution in [0, 0.1) is 0 Å². The first kappa shape index (κ1) is 14.1. The molecule has 0 saturated heterocycles. The minimum atomic E-state index is -0.0793. The van der Waals surface area contributed by atoms with Crippen LogP contribution in [-0.4, -0.2) is 27.6 Å². The highest BCUT2D eigenvalue weighted by atomic mass is 16.3. The Morgan fingerprint density at radius 3 is 2.95 bits per heavy atom. The van der Waals surface area contributed by atoms with Crippen LogP contribution in [0.3, 0.4) is 0 Å². The minimum Gasteiger partial charge on any atom is -0.457 e. The minimum absolute atomic E-state index is 0.0793. The van der Waals surface area contributed by atoms with Gasteiger partial charge in [0.25, 0.3) is 0 Å². The number of carbonyl (C=O) groups is 1. The molecule has 22 heavy (non-hydrogen) atoms. The van der Waals surface area contributed by atoms with Gasteiger partial charge in [-0.1, -0.05) is 18.2 Å². The van der Waals surface area contributed by atoms with Crippen molar-refractivity contribution < 1.29 is 9.21 Å². The van der Waals surface area contributed by atoms with Gasteiger partial charge < -0.3 is 9.32 Å². The zero-order valence-electron chi connectivity index (χ0n) is 12.6. The maximum atomic E-state index is 12.1. The monoisotopic (exact) mass is 295 g/mol. The summed E-state index contributed by atoms with van der Waals surface area (Å²) in [5, 5.41) is 5.12. The van der Waals surface area contributed by atoms with Crippen molar-refractivity contribution in [2.24, 2.45) is 7.05 Å². The first-order valence-corrected chi connectivity index (χ1v) is 7.01. The van der Waals surface area contributed by atoms with Crippen LogP contribution in [0.4, 0.5) is 0 Å². The smallest absolute Gasteiger partial charge is 0.246 e. The summed E-state index contributed by atoms with van der Waals surface area (Å²) in [4.78, 5) is 13.7. The number of fused-ring (bicyclic) bond motifs is 1. The molecule has 0 fully saturated rings. The normalized spacial score (nSPS) is 11.4. The van der Waals surface area contributed by atoms with Crippen molar-refractivity contribution in [2.75, 3.05) is 7.05 Å². The fourth-order valence-electron chi connectivity index (χ4n) is 2.27. The Morgan fingerprint density at radius 1 is 1.41 bits per heavy atom. The number of furan rings is 1. The van der Waals surface area contributed by atoms with Gasteiger partial charge in [0.2, 0.25) is 5.91 Å². The highest BCUT2D eigenvalue weighted by Crippen LogP contribution is 2.19. The number of hydrogen-bond acceptors (Lipinski definition) is 3. The number of aromatic nitrogens is 2. The number of benzene rings is 1. The molecule has 0 unspecified atom stereocenters. The number of nitrogens with zero attached hydrogens (tertiary/aromatic N) is 3. The van der Waals surface area contributed by atoms with Crippen LogP contribution in [0.15, 0.2) is 53.2 Å². The molecular weight excluding hydrogens is 278 g/mol. The van der Waals surface area contributed by atoms with E-state index in [0.717, 1.165) is 16.5 Å². The predicted octanol–water partition coefficient (Wildman–Crippen LogP) is 2.84. The van der Waals surface area contributed by atoms with Gasteiger partial charge in [0.05, 0.1) is 6.20 Å². The number of aryl methyl sites for hydroxylation is 1. The van der Waals surface area contributed by atoms with Crippen LogP contribution < -0.4 is 0 Å². The van der Waals surface area contributed by atoms with Crippen molar-refractivity contribution >= 4 is 23.0 Å². The third kappa shape index (κ3) is 3.09. The van der Waals surface area contributed by atoms with Gasteiger partial charge in [-0.2, -0.15) is 5.10 Å². The third-order valence-corrected chi connectivity index (χ3v) is 3.39. The van der Waals surface area contributed by atoms with E-state index in [9.17, 15) is 4.79 Å². The van der Waals surface area contributed by atoms with E-state index in [1.807, 2.05) is 43.6 Å². The Bertz CT molecular complexity index is 796. The van der Waals surface area contributed by atoms with Gasteiger partial charge in [0, 0.05) is 43.9 Å². The SMILES string of the molecule is CN(Cc1cnn(C)c1)C(=O)/C=C/c1cc2ccccc2o1. The number of likely N-dealkylation sites (N-methyl/N-ethyl adjacent to an activating group) is 1. The number of amides is 1. The predicted molar refractivity (Wildman–Crippen MR) is 84.9 cm³/mol. The molecule has 1 amide bonds. The summed E-state index contributed by atoms with van der Waals surface area (Å²) in [6, 6.07) is 9.68. The number of rotatable bonds is 4. The van der Waals surface area contributed by atoms with E-state index in [2.05, 4.69) is 5.10 Å². The van der Waals surface area contributed by atoms with Crippen LogP contribution >= 0.6 is 0 Å². The number of carbonyl (C=O) groups excluding carboxylic acids is 1. The molecule has 0 atom stereocenters. The van der Waals surface area contributed by atoms with Gasteiger partial charge in [-0.15, -0.1) is 0 Å². The summed E-state index contributed by atoms with van der Waals surface area (Å²) >= 11 is 0. The Kier molecular flexibility index (Phi) is 3.78. The summed E-state index contributed by atoms with van der Waals surface area (Å²) < 4.78 is 7.37. The lowest BCUT2D eigenvalue weighted by Gasteiger charge is -2.13. The molecule has 0 N–H and O–H groups in total. The summed E-state index contributed by atoms with van der Waals surface area (Å²) in [6.07, 6.45) is 6.87. The molecule has 0 aliphatic rings. The molecule has 2 heterocycles. The average Bonchev–Trinajstić information content (AvgIpc) is 3.10. The maximum absolute atomic E-state index is 12.1. The van der Waals surface area contributed by atoms with Crippen molar-refractivity contribution in [1.29, 1.82) is 0 Å². The van der Waals surface area contributed by atoms with E-state index in [1.54, 1.807) is 28.9 Å². The Hall–Kier alpha value is -2.82. The second kappa shape index (κ2) is 5.89. The number of para-hydroxylation sites is 1. The molecule has 112 valence electrons. The molecular formula is C17H17N3O2.